The number of halogens is 1. The lowest BCUT2D eigenvalue weighted by atomic mass is 10.3. The van der Waals surface area contributed by atoms with Crippen molar-refractivity contribution >= 4 is 35.0 Å². The molecule has 1 rings (SSSR count). The molecule has 0 aliphatic heterocycles. The first-order chi connectivity index (χ1) is 9.99. The first-order valence-electron chi connectivity index (χ1n) is 6.22. The third-order valence-electron chi connectivity index (χ3n) is 2.26. The minimum absolute atomic E-state index is 0.0893. The molecule has 0 fully saturated rings. The van der Waals surface area contributed by atoms with Gasteiger partial charge in [0.2, 0.25) is 0 Å². The number of hydrogen-bond donors (Lipinski definition) is 1. The molecule has 8 heteroatoms. The van der Waals surface area contributed by atoms with Gasteiger partial charge in [-0.2, -0.15) is 0 Å². The van der Waals surface area contributed by atoms with Crippen molar-refractivity contribution in [3.63, 3.8) is 0 Å². The highest BCUT2D eigenvalue weighted by molar-refractivity contribution is 8.04. The maximum atomic E-state index is 11.9. The summed E-state index contributed by atoms with van der Waals surface area (Å²) in [7, 11) is 0. The zero-order chi connectivity index (χ0) is 15.8. The molecule has 0 unspecified atom stereocenters. The zero-order valence-electron chi connectivity index (χ0n) is 11.6. The highest BCUT2D eigenvalue weighted by atomic mass is 35.5. The van der Waals surface area contributed by atoms with E-state index in [0.717, 1.165) is 11.8 Å². The van der Waals surface area contributed by atoms with E-state index in [2.05, 4.69) is 5.32 Å². The lowest BCUT2D eigenvalue weighted by Gasteiger charge is -2.08. The number of non-ortho nitro benzene ring substituents is 1. The molecular weight excluding hydrogens is 316 g/mol. The van der Waals surface area contributed by atoms with Crippen LogP contribution in [0.5, 0.6) is 0 Å². The molecule has 6 nitrogen and oxygen atoms in total. The van der Waals surface area contributed by atoms with Gasteiger partial charge in [-0.15, -0.1) is 0 Å². The van der Waals surface area contributed by atoms with Crippen molar-refractivity contribution in [2.75, 3.05) is 13.2 Å². The highest BCUT2D eigenvalue weighted by Gasteiger charge is 2.17. The average Bonchev–Trinajstić information content (AvgIpc) is 2.45. The number of carbonyl (C=O) groups is 1. The summed E-state index contributed by atoms with van der Waals surface area (Å²) < 4.78 is 4.95. The van der Waals surface area contributed by atoms with E-state index >= 15 is 0 Å². The second-order valence-corrected chi connectivity index (χ2v) is 5.25. The van der Waals surface area contributed by atoms with Crippen LogP contribution in [-0.4, -0.2) is 24.0 Å². The lowest BCUT2D eigenvalue weighted by Crippen LogP contribution is -2.11. The number of nitrogens with one attached hydrogen (secondary N) is 1. The maximum absolute atomic E-state index is 11.9. The van der Waals surface area contributed by atoms with Crippen LogP contribution in [0, 0.1) is 10.1 Å². The summed E-state index contributed by atoms with van der Waals surface area (Å²) in [6.45, 7) is 4.45. The van der Waals surface area contributed by atoms with Crippen molar-refractivity contribution in [3.8, 4) is 0 Å². The summed E-state index contributed by atoms with van der Waals surface area (Å²) in [6, 6.07) is 4.06. The molecule has 1 aromatic carbocycles. The van der Waals surface area contributed by atoms with E-state index in [-0.39, 0.29) is 17.2 Å². The molecule has 0 aliphatic carbocycles. The second kappa shape index (κ2) is 8.53. The molecule has 0 saturated carbocycles. The van der Waals surface area contributed by atoms with Gasteiger partial charge >= 0.3 is 5.97 Å². The van der Waals surface area contributed by atoms with E-state index in [0.29, 0.717) is 16.5 Å². The number of hydrogen-bond acceptors (Lipinski definition) is 6. The SMILES string of the molecule is CCNC=C(Sc1cc([N+](=O)[O-])ccc1Cl)C(=O)OCC. The van der Waals surface area contributed by atoms with E-state index in [1.165, 1.54) is 24.4 Å². The molecule has 0 amide bonds. The third kappa shape index (κ3) is 5.28. The van der Waals surface area contributed by atoms with E-state index in [4.69, 9.17) is 16.3 Å². The van der Waals surface area contributed by atoms with Gasteiger partial charge in [0.05, 0.1) is 16.6 Å². The number of esters is 1. The number of ether oxygens (including phenoxy) is 1. The molecule has 0 spiro atoms. The van der Waals surface area contributed by atoms with Gasteiger partial charge in [-0.05, 0) is 19.9 Å². The standard InChI is InChI=1S/C13H15ClN2O4S/c1-3-15-8-12(13(17)20-4-2)21-11-7-9(16(18)19)5-6-10(11)14/h5-8,15H,3-4H2,1-2H3. The topological polar surface area (TPSA) is 81.5 Å². The van der Waals surface area contributed by atoms with Crippen LogP contribution < -0.4 is 5.32 Å². The highest BCUT2D eigenvalue weighted by Crippen LogP contribution is 2.35. The summed E-state index contributed by atoms with van der Waals surface area (Å²) in [5, 5.41) is 14.0. The fraction of sp³-hybridized carbons (Fsp3) is 0.308. The molecule has 0 aromatic heterocycles. The Morgan fingerprint density at radius 2 is 2.24 bits per heavy atom. The van der Waals surface area contributed by atoms with Crippen LogP contribution >= 0.6 is 23.4 Å². The summed E-state index contributed by atoms with van der Waals surface area (Å²) in [6.07, 6.45) is 1.51. The van der Waals surface area contributed by atoms with Crippen molar-refractivity contribution in [2.45, 2.75) is 18.7 Å². The minimum Gasteiger partial charge on any atom is -0.462 e. The van der Waals surface area contributed by atoms with Crippen LogP contribution in [0.15, 0.2) is 34.2 Å². The maximum Gasteiger partial charge on any atom is 0.346 e. The number of nitro groups is 1. The Bertz CT molecular complexity index is 563. The van der Waals surface area contributed by atoms with Gasteiger partial charge in [-0.3, -0.25) is 10.1 Å². The quantitative estimate of drug-likeness (QED) is 0.271. The first kappa shape index (κ1) is 17.3. The third-order valence-corrected chi connectivity index (χ3v) is 3.76. The second-order valence-electron chi connectivity index (χ2n) is 3.76. The Kier molecular flexibility index (Phi) is 7.04. The molecule has 0 saturated heterocycles. The monoisotopic (exact) mass is 330 g/mol. The molecule has 0 radical (unpaired) electrons. The van der Waals surface area contributed by atoms with Gasteiger partial charge in [-0.25, -0.2) is 4.79 Å². The summed E-state index contributed by atoms with van der Waals surface area (Å²) in [4.78, 5) is 22.8. The van der Waals surface area contributed by atoms with Crippen molar-refractivity contribution in [1.82, 2.24) is 5.32 Å². The Hall–Kier alpha value is -1.73. The normalized spacial score (nSPS) is 11.1. The number of carbonyl (C=O) groups excluding carboxylic acids is 1. The van der Waals surface area contributed by atoms with Crippen LogP contribution in [0.2, 0.25) is 5.02 Å². The zero-order valence-corrected chi connectivity index (χ0v) is 13.2. The van der Waals surface area contributed by atoms with Gasteiger partial charge in [0, 0.05) is 29.8 Å². The fourth-order valence-corrected chi connectivity index (χ4v) is 2.43. The Morgan fingerprint density at radius 3 is 2.81 bits per heavy atom. The van der Waals surface area contributed by atoms with Gasteiger partial charge in [-0.1, -0.05) is 23.4 Å². The van der Waals surface area contributed by atoms with Crippen LogP contribution in [0.4, 0.5) is 5.69 Å². The average molecular weight is 331 g/mol. The van der Waals surface area contributed by atoms with Crippen molar-refractivity contribution in [1.29, 1.82) is 0 Å². The molecule has 1 N–H and O–H groups in total. The van der Waals surface area contributed by atoms with Gasteiger partial charge < -0.3 is 10.1 Å². The van der Waals surface area contributed by atoms with E-state index in [1.54, 1.807) is 6.92 Å². The fourth-order valence-electron chi connectivity index (χ4n) is 1.33. The van der Waals surface area contributed by atoms with Gasteiger partial charge in [0.15, 0.2) is 0 Å². The number of thioether (sulfide) groups is 1. The molecule has 1 aromatic rings. The summed E-state index contributed by atoms with van der Waals surface area (Å²) in [5.41, 5.74) is -0.0893. The van der Waals surface area contributed by atoms with Crippen molar-refractivity contribution < 1.29 is 14.5 Å². The van der Waals surface area contributed by atoms with Crippen LogP contribution in [0.3, 0.4) is 0 Å². The van der Waals surface area contributed by atoms with Crippen LogP contribution in [-0.2, 0) is 9.53 Å². The molecular formula is C13H15ClN2O4S. The molecule has 0 bridgehead atoms. The van der Waals surface area contributed by atoms with Crippen LogP contribution in [0.25, 0.3) is 0 Å². The van der Waals surface area contributed by atoms with Crippen molar-refractivity contribution in [2.24, 2.45) is 0 Å². The molecule has 114 valence electrons. The van der Waals surface area contributed by atoms with Gasteiger partial charge in [0.1, 0.15) is 4.91 Å². The van der Waals surface area contributed by atoms with E-state index < -0.39 is 10.9 Å². The predicted molar refractivity (Wildman–Crippen MR) is 82.4 cm³/mol. The number of nitro benzene ring substituents is 1. The van der Waals surface area contributed by atoms with Crippen molar-refractivity contribution in [3.05, 3.63) is 44.4 Å². The first-order valence-corrected chi connectivity index (χ1v) is 7.41. The summed E-state index contributed by atoms with van der Waals surface area (Å²) in [5.74, 6) is -0.508. The smallest absolute Gasteiger partial charge is 0.346 e. The Balaban J connectivity index is 3.05. The Morgan fingerprint density at radius 1 is 1.52 bits per heavy atom. The Labute approximate surface area is 131 Å². The largest absolute Gasteiger partial charge is 0.462 e. The van der Waals surface area contributed by atoms with Crippen LogP contribution in [0.1, 0.15) is 13.8 Å². The summed E-state index contributed by atoms with van der Waals surface area (Å²) >= 11 is 7.04. The molecule has 0 heterocycles. The molecule has 21 heavy (non-hydrogen) atoms. The number of nitrogens with zero attached hydrogens (tertiary/aromatic N) is 1. The van der Waals surface area contributed by atoms with Gasteiger partial charge in [0.25, 0.3) is 5.69 Å². The lowest BCUT2D eigenvalue weighted by molar-refractivity contribution is -0.385. The van der Waals surface area contributed by atoms with E-state index in [1.807, 2.05) is 6.92 Å². The molecule has 0 aliphatic rings. The van der Waals surface area contributed by atoms with E-state index in [9.17, 15) is 14.9 Å². The predicted octanol–water partition coefficient (Wildman–Crippen LogP) is 3.35. The number of benzene rings is 1. The number of rotatable bonds is 7. The minimum atomic E-state index is -0.515. The molecule has 0 atom stereocenters.